The zero-order valence-electron chi connectivity index (χ0n) is 11.8. The van der Waals surface area contributed by atoms with Gasteiger partial charge in [-0.2, -0.15) is 20.3 Å². The smallest absolute Gasteiger partial charge is 0.231 e. The summed E-state index contributed by atoms with van der Waals surface area (Å²) < 4.78 is 1.61. The molecule has 0 atom stereocenters. The average Bonchev–Trinajstić information content (AvgIpc) is 3.13. The van der Waals surface area contributed by atoms with Crippen molar-refractivity contribution in [1.29, 1.82) is 5.26 Å². The number of aromatic nitrogens is 5. The molecule has 0 aliphatic heterocycles. The number of nitrogens with one attached hydrogen (secondary N) is 3. The Morgan fingerprint density at radius 2 is 2.32 bits per heavy atom. The average molecular weight is 298 g/mol. The molecule has 0 amide bonds. The highest BCUT2D eigenvalue weighted by Crippen LogP contribution is 2.25. The normalized spacial score (nSPS) is 10.6. The molecule has 0 fully saturated rings. The first-order chi connectivity index (χ1) is 10.7. The van der Waals surface area contributed by atoms with Crippen molar-refractivity contribution in [2.75, 3.05) is 24.3 Å². The second kappa shape index (κ2) is 5.71. The van der Waals surface area contributed by atoms with Gasteiger partial charge >= 0.3 is 0 Å². The highest BCUT2D eigenvalue weighted by atomic mass is 16.3. The monoisotopic (exact) mass is 298 g/mol. The van der Waals surface area contributed by atoms with Gasteiger partial charge in [0.1, 0.15) is 17.5 Å². The molecule has 4 N–H and O–H groups in total. The quantitative estimate of drug-likeness (QED) is 0.548. The molecule has 9 heteroatoms. The molecule has 3 aromatic heterocycles. The van der Waals surface area contributed by atoms with Gasteiger partial charge in [0.15, 0.2) is 0 Å². The van der Waals surface area contributed by atoms with Crippen molar-refractivity contribution in [1.82, 2.24) is 24.7 Å². The van der Waals surface area contributed by atoms with E-state index >= 15 is 0 Å². The van der Waals surface area contributed by atoms with E-state index in [2.05, 4.69) is 36.8 Å². The Morgan fingerprint density at radius 1 is 1.45 bits per heavy atom. The summed E-state index contributed by atoms with van der Waals surface area (Å²) in [7, 11) is 1.74. The number of nitriles is 1. The first-order valence-electron chi connectivity index (χ1n) is 6.62. The number of aliphatic hydroxyl groups excluding tert-OH is 1. The van der Waals surface area contributed by atoms with Crippen molar-refractivity contribution in [3.8, 4) is 6.07 Å². The molecule has 0 aliphatic rings. The summed E-state index contributed by atoms with van der Waals surface area (Å²) in [5, 5.41) is 28.8. The highest BCUT2D eigenvalue weighted by molar-refractivity contribution is 5.93. The van der Waals surface area contributed by atoms with Crippen molar-refractivity contribution < 1.29 is 5.11 Å². The third-order valence-corrected chi connectivity index (χ3v) is 3.11. The van der Waals surface area contributed by atoms with Crippen LogP contribution in [0.3, 0.4) is 0 Å². The Kier molecular flexibility index (Phi) is 3.59. The fraction of sp³-hybridized carbons (Fsp3) is 0.231. The van der Waals surface area contributed by atoms with E-state index in [0.717, 1.165) is 0 Å². The van der Waals surface area contributed by atoms with Gasteiger partial charge in [-0.05, 0) is 0 Å². The standard InChI is InChI=1S/C13H14N8O/c1-15-11-10-8(4-14)5-16-12(10)20-13(19-11)18-9-6-17-21(7-9)2-3-22/h5-7,22H,2-3H2,1H3,(H3,15,16,18,19,20). The van der Waals surface area contributed by atoms with Crippen LogP contribution in [0.15, 0.2) is 18.6 Å². The third-order valence-electron chi connectivity index (χ3n) is 3.11. The summed E-state index contributed by atoms with van der Waals surface area (Å²) in [4.78, 5) is 11.7. The van der Waals surface area contributed by atoms with E-state index < -0.39 is 0 Å². The zero-order valence-corrected chi connectivity index (χ0v) is 11.8. The Hall–Kier alpha value is -3.12. The molecule has 0 aromatic carbocycles. The first-order valence-corrected chi connectivity index (χ1v) is 6.62. The van der Waals surface area contributed by atoms with Gasteiger partial charge in [0, 0.05) is 19.4 Å². The maximum absolute atomic E-state index is 9.10. The topological polar surface area (TPSA) is 127 Å². The second-order valence-electron chi connectivity index (χ2n) is 4.52. The Bertz CT molecular complexity index is 843. The molecule has 0 spiro atoms. The fourth-order valence-corrected chi connectivity index (χ4v) is 2.14. The minimum Gasteiger partial charge on any atom is -0.394 e. The summed E-state index contributed by atoms with van der Waals surface area (Å²) in [6.07, 6.45) is 4.97. The second-order valence-corrected chi connectivity index (χ2v) is 4.52. The van der Waals surface area contributed by atoms with Crippen LogP contribution in [0.2, 0.25) is 0 Å². The molecule has 3 aromatic rings. The lowest BCUT2D eigenvalue weighted by Gasteiger charge is -2.06. The number of anilines is 3. The molecule has 0 radical (unpaired) electrons. The minimum atomic E-state index is 0.0207. The molecular formula is C13H14N8O. The van der Waals surface area contributed by atoms with Gasteiger partial charge in [0.25, 0.3) is 0 Å². The molecule has 0 unspecified atom stereocenters. The molecule has 9 nitrogen and oxygen atoms in total. The van der Waals surface area contributed by atoms with Crippen LogP contribution < -0.4 is 10.6 Å². The number of aliphatic hydroxyl groups is 1. The first kappa shape index (κ1) is 13.8. The number of hydrogen-bond donors (Lipinski definition) is 4. The lowest BCUT2D eigenvalue weighted by Crippen LogP contribution is -2.02. The lowest BCUT2D eigenvalue weighted by molar-refractivity contribution is 0.269. The van der Waals surface area contributed by atoms with Gasteiger partial charge in [-0.15, -0.1) is 0 Å². The number of rotatable bonds is 5. The van der Waals surface area contributed by atoms with Gasteiger partial charge in [0.2, 0.25) is 5.95 Å². The molecule has 0 saturated heterocycles. The summed E-state index contributed by atoms with van der Waals surface area (Å²) in [6, 6.07) is 2.10. The van der Waals surface area contributed by atoms with Crippen LogP contribution in [-0.4, -0.2) is 43.5 Å². The van der Waals surface area contributed by atoms with Crippen LogP contribution in [0, 0.1) is 11.3 Å². The van der Waals surface area contributed by atoms with E-state index in [0.29, 0.717) is 40.6 Å². The largest absolute Gasteiger partial charge is 0.394 e. The van der Waals surface area contributed by atoms with Gasteiger partial charge in [-0.3, -0.25) is 4.68 Å². The van der Waals surface area contributed by atoms with Crippen molar-refractivity contribution in [3.63, 3.8) is 0 Å². The van der Waals surface area contributed by atoms with Crippen molar-refractivity contribution in [3.05, 3.63) is 24.2 Å². The number of nitrogens with zero attached hydrogens (tertiary/aromatic N) is 5. The predicted octanol–water partition coefficient (Wildman–Crippen LogP) is 0.804. The molecular weight excluding hydrogens is 284 g/mol. The molecule has 112 valence electrons. The van der Waals surface area contributed by atoms with Crippen molar-refractivity contribution in [2.24, 2.45) is 0 Å². The molecule has 0 bridgehead atoms. The van der Waals surface area contributed by atoms with Gasteiger partial charge < -0.3 is 20.7 Å². The summed E-state index contributed by atoms with van der Waals surface area (Å²) >= 11 is 0. The van der Waals surface area contributed by atoms with Crippen LogP contribution in [-0.2, 0) is 6.54 Å². The Morgan fingerprint density at radius 3 is 3.05 bits per heavy atom. The van der Waals surface area contributed by atoms with E-state index in [1.54, 1.807) is 30.3 Å². The van der Waals surface area contributed by atoms with E-state index in [-0.39, 0.29) is 6.61 Å². The molecule has 3 rings (SSSR count). The third kappa shape index (κ3) is 2.43. The highest BCUT2D eigenvalue weighted by Gasteiger charge is 2.13. The van der Waals surface area contributed by atoms with E-state index in [1.165, 1.54) is 0 Å². The van der Waals surface area contributed by atoms with E-state index in [4.69, 9.17) is 10.4 Å². The van der Waals surface area contributed by atoms with E-state index in [9.17, 15) is 0 Å². The Labute approximate surface area is 125 Å². The van der Waals surface area contributed by atoms with Crippen LogP contribution >= 0.6 is 0 Å². The van der Waals surface area contributed by atoms with Crippen molar-refractivity contribution in [2.45, 2.75) is 6.54 Å². The van der Waals surface area contributed by atoms with Gasteiger partial charge in [-0.1, -0.05) is 0 Å². The summed E-state index contributed by atoms with van der Waals surface area (Å²) in [5.41, 5.74) is 1.77. The molecule has 22 heavy (non-hydrogen) atoms. The fourth-order valence-electron chi connectivity index (χ4n) is 2.14. The van der Waals surface area contributed by atoms with Crippen LogP contribution in [0.1, 0.15) is 5.56 Å². The van der Waals surface area contributed by atoms with Gasteiger partial charge in [0.05, 0.1) is 36.0 Å². The van der Waals surface area contributed by atoms with Crippen LogP contribution in [0.25, 0.3) is 11.0 Å². The van der Waals surface area contributed by atoms with Crippen LogP contribution in [0.4, 0.5) is 17.5 Å². The predicted molar refractivity (Wildman–Crippen MR) is 80.7 cm³/mol. The number of fused-ring (bicyclic) bond motifs is 1. The number of H-pyrrole nitrogens is 1. The molecule has 0 aliphatic carbocycles. The van der Waals surface area contributed by atoms with Crippen molar-refractivity contribution >= 4 is 28.5 Å². The minimum absolute atomic E-state index is 0.0207. The molecule has 0 saturated carbocycles. The SMILES string of the molecule is CNc1nc(Nc2cnn(CCO)c2)nc2[nH]cc(C#N)c12. The molecule has 3 heterocycles. The Balaban J connectivity index is 1.95. The zero-order chi connectivity index (χ0) is 15.5. The summed E-state index contributed by atoms with van der Waals surface area (Å²) in [5.74, 6) is 0.944. The van der Waals surface area contributed by atoms with Crippen LogP contribution in [0.5, 0.6) is 0 Å². The van der Waals surface area contributed by atoms with E-state index in [1.807, 2.05) is 0 Å². The number of hydrogen-bond acceptors (Lipinski definition) is 7. The number of aromatic amines is 1. The maximum Gasteiger partial charge on any atom is 0.231 e. The van der Waals surface area contributed by atoms with Gasteiger partial charge in [-0.25, -0.2) is 0 Å². The lowest BCUT2D eigenvalue weighted by atomic mass is 10.2. The summed E-state index contributed by atoms with van der Waals surface area (Å²) in [6.45, 7) is 0.443. The maximum atomic E-state index is 9.10.